The molecule has 80 valence electrons. The first-order valence-electron chi connectivity index (χ1n) is 4.89. The Kier molecular flexibility index (Phi) is 2.19. The van der Waals surface area contributed by atoms with Crippen LogP contribution in [0, 0.1) is 0 Å². The summed E-state index contributed by atoms with van der Waals surface area (Å²) in [4.78, 5) is 1.64. The minimum absolute atomic E-state index is 0.469. The minimum Gasteiger partial charge on any atom is -0.184 e. The molecular formula is C12H8O2S2. The summed E-state index contributed by atoms with van der Waals surface area (Å²) in [5.41, 5.74) is 1.14. The molecule has 0 fully saturated rings. The Morgan fingerprint density at radius 1 is 1.12 bits per heavy atom. The number of allylic oxidation sites excluding steroid dienone is 1. The monoisotopic (exact) mass is 248 g/mol. The van der Waals surface area contributed by atoms with Crippen molar-refractivity contribution in [2.45, 2.75) is 6.42 Å². The first kappa shape index (κ1) is 9.81. The van der Waals surface area contributed by atoms with Gasteiger partial charge in [0.15, 0.2) is 0 Å². The topological polar surface area (TPSA) is 34.1 Å². The normalized spacial score (nSPS) is 14.1. The highest BCUT2D eigenvalue weighted by Crippen LogP contribution is 2.34. The van der Waals surface area contributed by atoms with Crippen LogP contribution >= 0.6 is 11.3 Å². The van der Waals surface area contributed by atoms with Crippen LogP contribution in [0.15, 0.2) is 30.3 Å². The zero-order chi connectivity index (χ0) is 11.1. The Balaban J connectivity index is 2.33. The van der Waals surface area contributed by atoms with Crippen molar-refractivity contribution in [1.82, 2.24) is 0 Å². The quantitative estimate of drug-likeness (QED) is 0.671. The van der Waals surface area contributed by atoms with Gasteiger partial charge < -0.3 is 0 Å². The fourth-order valence-corrected chi connectivity index (χ4v) is 3.52. The van der Waals surface area contributed by atoms with Gasteiger partial charge in [0.2, 0.25) is 10.3 Å². The van der Waals surface area contributed by atoms with Gasteiger partial charge in [0.05, 0.1) is 4.86 Å². The molecule has 0 saturated carbocycles. The van der Waals surface area contributed by atoms with E-state index < -0.39 is 10.3 Å². The van der Waals surface area contributed by atoms with E-state index in [2.05, 4.69) is 12.1 Å². The van der Waals surface area contributed by atoms with Crippen molar-refractivity contribution in [3.8, 4) is 0 Å². The summed E-state index contributed by atoms with van der Waals surface area (Å²) in [6.45, 7) is 0. The van der Waals surface area contributed by atoms with Gasteiger partial charge in [-0.15, -0.1) is 11.3 Å². The Bertz CT molecular complexity index is 725. The van der Waals surface area contributed by atoms with Gasteiger partial charge in [-0.3, -0.25) is 0 Å². The number of hydrogen-bond donors (Lipinski definition) is 0. The molecule has 1 aliphatic carbocycles. The SMILES string of the molecule is O=S(=O)=C1C=Cc2sc3ccccc3c2C1. The lowest BCUT2D eigenvalue weighted by Crippen LogP contribution is -2.04. The summed E-state index contributed by atoms with van der Waals surface area (Å²) >= 11 is 1.71. The molecule has 1 aromatic heterocycles. The van der Waals surface area contributed by atoms with Gasteiger partial charge in [0, 0.05) is 16.0 Å². The van der Waals surface area contributed by atoms with Gasteiger partial charge in [-0.05, 0) is 29.2 Å². The first-order chi connectivity index (χ1) is 7.75. The molecule has 0 saturated heterocycles. The van der Waals surface area contributed by atoms with Gasteiger partial charge >= 0.3 is 0 Å². The third-order valence-corrected chi connectivity index (χ3v) is 4.60. The predicted octanol–water partition coefficient (Wildman–Crippen LogP) is 2.52. The van der Waals surface area contributed by atoms with Crippen molar-refractivity contribution in [2.24, 2.45) is 0 Å². The van der Waals surface area contributed by atoms with Crippen LogP contribution in [0.3, 0.4) is 0 Å². The van der Waals surface area contributed by atoms with Crippen LogP contribution < -0.4 is 0 Å². The number of benzene rings is 1. The third-order valence-electron chi connectivity index (χ3n) is 2.72. The van der Waals surface area contributed by atoms with Crippen molar-refractivity contribution < 1.29 is 8.42 Å². The van der Waals surface area contributed by atoms with Gasteiger partial charge in [-0.25, -0.2) is 0 Å². The van der Waals surface area contributed by atoms with Crippen molar-refractivity contribution in [3.05, 3.63) is 40.8 Å². The lowest BCUT2D eigenvalue weighted by molar-refractivity contribution is 0.627. The summed E-state index contributed by atoms with van der Waals surface area (Å²) in [5, 5.41) is 1.18. The maximum absolute atomic E-state index is 10.9. The average Bonchev–Trinajstić information content (AvgIpc) is 2.66. The molecule has 0 amide bonds. The van der Waals surface area contributed by atoms with Crippen molar-refractivity contribution >= 4 is 42.7 Å². The maximum atomic E-state index is 10.9. The molecule has 16 heavy (non-hydrogen) atoms. The largest absolute Gasteiger partial charge is 0.217 e. The number of thiophene rings is 1. The van der Waals surface area contributed by atoms with Crippen LogP contribution in [-0.2, 0) is 16.7 Å². The van der Waals surface area contributed by atoms with Crippen molar-refractivity contribution in [3.63, 3.8) is 0 Å². The summed E-state index contributed by atoms with van der Waals surface area (Å²) < 4.78 is 23.1. The van der Waals surface area contributed by atoms with E-state index in [4.69, 9.17) is 0 Å². The molecule has 0 bridgehead atoms. The average molecular weight is 248 g/mol. The summed E-state index contributed by atoms with van der Waals surface area (Å²) in [6, 6.07) is 8.11. The molecule has 2 aromatic rings. The van der Waals surface area contributed by atoms with Crippen molar-refractivity contribution in [2.75, 3.05) is 0 Å². The second-order valence-corrected chi connectivity index (χ2v) is 5.73. The third kappa shape index (κ3) is 1.42. The van der Waals surface area contributed by atoms with Crippen LogP contribution in [-0.4, -0.2) is 13.3 Å². The molecule has 4 heteroatoms. The maximum Gasteiger partial charge on any atom is 0.217 e. The van der Waals surface area contributed by atoms with Gasteiger partial charge in [-0.2, -0.15) is 8.42 Å². The fourth-order valence-electron chi connectivity index (χ4n) is 1.95. The van der Waals surface area contributed by atoms with E-state index in [0.29, 0.717) is 11.3 Å². The van der Waals surface area contributed by atoms with E-state index >= 15 is 0 Å². The second kappa shape index (κ2) is 3.57. The molecule has 0 aliphatic heterocycles. The highest BCUT2D eigenvalue weighted by molar-refractivity contribution is 7.73. The molecule has 2 nitrogen and oxygen atoms in total. The zero-order valence-electron chi connectivity index (χ0n) is 8.30. The number of fused-ring (bicyclic) bond motifs is 3. The smallest absolute Gasteiger partial charge is 0.184 e. The Labute approximate surface area is 98.4 Å². The standard InChI is InChI=1S/C12H8O2S2/c13-16(14)8-5-6-12-10(7-8)9-3-1-2-4-11(9)15-12/h1-6H,7H2. The van der Waals surface area contributed by atoms with E-state index in [1.165, 1.54) is 15.0 Å². The summed E-state index contributed by atoms with van der Waals surface area (Å²) in [5.74, 6) is 0. The van der Waals surface area contributed by atoms with Crippen molar-refractivity contribution in [1.29, 1.82) is 0 Å². The molecule has 1 aliphatic rings. The molecule has 0 N–H and O–H groups in total. The lowest BCUT2D eigenvalue weighted by Gasteiger charge is -2.04. The Morgan fingerprint density at radius 2 is 1.94 bits per heavy atom. The van der Waals surface area contributed by atoms with E-state index in [1.807, 2.05) is 18.2 Å². The summed E-state index contributed by atoms with van der Waals surface area (Å²) in [6.07, 6.45) is 4.11. The van der Waals surface area contributed by atoms with Crippen LogP contribution in [0.25, 0.3) is 16.2 Å². The van der Waals surface area contributed by atoms with Gasteiger partial charge in [0.1, 0.15) is 0 Å². The fraction of sp³-hybridized carbons (Fsp3) is 0.0833. The van der Waals surface area contributed by atoms with E-state index in [9.17, 15) is 8.42 Å². The molecule has 0 radical (unpaired) electrons. The van der Waals surface area contributed by atoms with Crippen LogP contribution in [0.2, 0.25) is 0 Å². The Morgan fingerprint density at radius 3 is 2.75 bits per heavy atom. The molecule has 0 unspecified atom stereocenters. The predicted molar refractivity (Wildman–Crippen MR) is 68.5 cm³/mol. The molecule has 1 aromatic carbocycles. The Hall–Kier alpha value is -1.39. The number of hydrogen-bond acceptors (Lipinski definition) is 3. The van der Waals surface area contributed by atoms with Crippen LogP contribution in [0.5, 0.6) is 0 Å². The highest BCUT2D eigenvalue weighted by atomic mass is 32.2. The van der Waals surface area contributed by atoms with Gasteiger partial charge in [0.25, 0.3) is 0 Å². The minimum atomic E-state index is -2.10. The van der Waals surface area contributed by atoms with E-state index in [-0.39, 0.29) is 0 Å². The van der Waals surface area contributed by atoms with Crippen LogP contribution in [0.4, 0.5) is 0 Å². The number of rotatable bonds is 0. The first-order valence-corrected chi connectivity index (χ1v) is 6.78. The molecule has 3 rings (SSSR count). The molecule has 0 spiro atoms. The van der Waals surface area contributed by atoms with Crippen LogP contribution in [0.1, 0.15) is 10.4 Å². The molecule has 0 atom stereocenters. The lowest BCUT2D eigenvalue weighted by atomic mass is 10.0. The highest BCUT2D eigenvalue weighted by Gasteiger charge is 2.15. The zero-order valence-corrected chi connectivity index (χ0v) is 9.94. The molecule has 1 heterocycles. The molecular weight excluding hydrogens is 240 g/mol. The van der Waals surface area contributed by atoms with E-state index in [1.54, 1.807) is 17.4 Å². The van der Waals surface area contributed by atoms with E-state index in [0.717, 1.165) is 5.56 Å². The summed E-state index contributed by atoms with van der Waals surface area (Å²) in [7, 11) is -2.10. The van der Waals surface area contributed by atoms with Gasteiger partial charge in [-0.1, -0.05) is 18.2 Å². The second-order valence-electron chi connectivity index (χ2n) is 3.65.